The minimum atomic E-state index is -0.473. The van der Waals surface area contributed by atoms with Crippen LogP contribution in [0.25, 0.3) is 32.7 Å². The molecule has 0 aromatic carbocycles. The number of nitrogens with one attached hydrogen (secondary N) is 3. The van der Waals surface area contributed by atoms with Crippen LogP contribution in [0, 0.1) is 25.6 Å². The van der Waals surface area contributed by atoms with Gasteiger partial charge in [-0.1, -0.05) is 45.1 Å². The molecule has 8 heteroatoms. The predicted molar refractivity (Wildman–Crippen MR) is 174 cm³/mol. The summed E-state index contributed by atoms with van der Waals surface area (Å²) in [7, 11) is 0. The fourth-order valence-electron chi connectivity index (χ4n) is 5.44. The van der Waals surface area contributed by atoms with Crippen molar-refractivity contribution in [2.45, 2.75) is 52.9 Å². The van der Waals surface area contributed by atoms with Gasteiger partial charge in [0.2, 0.25) is 0 Å². The Morgan fingerprint density at radius 1 is 1.10 bits per heavy atom. The molecule has 0 spiro atoms. The largest absolute Gasteiger partial charge is 0.359 e. The van der Waals surface area contributed by atoms with Crippen molar-refractivity contribution in [1.29, 1.82) is 0 Å². The summed E-state index contributed by atoms with van der Waals surface area (Å²) in [4.78, 5) is 11.4. The van der Waals surface area contributed by atoms with Gasteiger partial charge in [-0.15, -0.1) is 11.3 Å². The van der Waals surface area contributed by atoms with Gasteiger partial charge in [0.15, 0.2) is 5.82 Å². The molecule has 4 aromatic heterocycles. The number of thiophene rings is 1. The summed E-state index contributed by atoms with van der Waals surface area (Å²) in [6.07, 6.45) is 14.8. The number of anilines is 1. The molecular formula is C34H37FN6S. The zero-order chi connectivity index (χ0) is 29.8. The van der Waals surface area contributed by atoms with Gasteiger partial charge < -0.3 is 10.6 Å². The van der Waals surface area contributed by atoms with Gasteiger partial charge in [0.25, 0.3) is 0 Å². The molecule has 4 heterocycles. The monoisotopic (exact) mass is 580 g/mol. The third-order valence-electron chi connectivity index (χ3n) is 7.81. The molecule has 0 atom stereocenters. The number of rotatable bonds is 10. The van der Waals surface area contributed by atoms with Crippen LogP contribution in [-0.4, -0.2) is 20.2 Å². The summed E-state index contributed by atoms with van der Waals surface area (Å²) < 4.78 is 16.2. The number of aromatic amines is 1. The molecule has 1 saturated carbocycles. The van der Waals surface area contributed by atoms with E-state index in [9.17, 15) is 0 Å². The summed E-state index contributed by atoms with van der Waals surface area (Å²) >= 11 is 1.69. The van der Waals surface area contributed by atoms with Gasteiger partial charge in [-0.25, -0.2) is 4.39 Å². The molecule has 0 saturated heterocycles. The van der Waals surface area contributed by atoms with Crippen LogP contribution in [0.15, 0.2) is 80.0 Å². The van der Waals surface area contributed by atoms with Crippen molar-refractivity contribution in [3.05, 3.63) is 108 Å². The van der Waals surface area contributed by atoms with Crippen molar-refractivity contribution in [3.8, 4) is 10.6 Å². The van der Waals surface area contributed by atoms with E-state index in [0.29, 0.717) is 33.8 Å². The summed E-state index contributed by atoms with van der Waals surface area (Å²) in [6, 6.07) is 6.04. The van der Waals surface area contributed by atoms with E-state index in [2.05, 4.69) is 69.6 Å². The molecule has 6 nitrogen and oxygen atoms in total. The Morgan fingerprint density at radius 3 is 2.57 bits per heavy atom. The quantitative estimate of drug-likeness (QED) is 0.163. The van der Waals surface area contributed by atoms with Gasteiger partial charge in [0, 0.05) is 33.7 Å². The van der Waals surface area contributed by atoms with E-state index >= 15 is 4.39 Å². The van der Waals surface area contributed by atoms with Gasteiger partial charge in [0.05, 0.1) is 33.4 Å². The molecule has 4 aromatic rings. The van der Waals surface area contributed by atoms with Crippen LogP contribution in [0.5, 0.6) is 0 Å². The second-order valence-electron chi connectivity index (χ2n) is 10.7. The average molecular weight is 581 g/mol. The highest BCUT2D eigenvalue weighted by Gasteiger charge is 2.21. The minimum absolute atomic E-state index is 0.223. The molecule has 0 unspecified atom stereocenters. The zero-order valence-electron chi connectivity index (χ0n) is 24.5. The van der Waals surface area contributed by atoms with Crippen LogP contribution < -0.4 is 10.6 Å². The Bertz CT molecular complexity index is 1720. The fraction of sp³-hybridized carbons (Fsp3) is 0.265. The highest BCUT2D eigenvalue weighted by molar-refractivity contribution is 7.15. The van der Waals surface area contributed by atoms with E-state index in [1.54, 1.807) is 29.8 Å². The lowest BCUT2D eigenvalue weighted by atomic mass is 9.87. The number of hydrogen-bond donors (Lipinski definition) is 3. The maximum absolute atomic E-state index is 16.2. The standard InChI is InChI=1S/C34H37FN6S/c1-7-24(18-26(8-2)38-22(5)25-12-10-9-11-13-25)34-31(35)30-28(19-37-34)40-41-33(30)23(6)39-27-16-17-36-32(21(27)4)29-15-14-20(3)42-29/h7-8,14-19,25,38H,2,5-6,9-13H2,1,3-4H3,(H,36,39)(H,40,41)/b24-7+,26-18+. The van der Waals surface area contributed by atoms with E-state index < -0.39 is 5.82 Å². The molecule has 216 valence electrons. The first-order valence-electron chi connectivity index (χ1n) is 14.3. The number of halogens is 1. The van der Waals surface area contributed by atoms with Crippen LogP contribution in [0.2, 0.25) is 0 Å². The van der Waals surface area contributed by atoms with Gasteiger partial charge in [-0.2, -0.15) is 5.10 Å². The van der Waals surface area contributed by atoms with E-state index in [1.807, 2.05) is 32.1 Å². The van der Waals surface area contributed by atoms with E-state index in [4.69, 9.17) is 0 Å². The lowest BCUT2D eigenvalue weighted by Gasteiger charge is -2.25. The number of fused-ring (bicyclic) bond motifs is 1. The smallest absolute Gasteiger partial charge is 0.161 e. The van der Waals surface area contributed by atoms with Crippen LogP contribution in [0.3, 0.4) is 0 Å². The molecule has 1 aliphatic carbocycles. The number of allylic oxidation sites excluding steroid dienone is 5. The lowest BCUT2D eigenvalue weighted by molar-refractivity contribution is 0.393. The second kappa shape index (κ2) is 12.7. The van der Waals surface area contributed by atoms with Crippen LogP contribution in [-0.2, 0) is 0 Å². The van der Waals surface area contributed by atoms with E-state index in [-0.39, 0.29) is 5.69 Å². The number of H-pyrrole nitrogens is 1. The molecule has 5 rings (SSSR count). The third-order valence-corrected chi connectivity index (χ3v) is 8.82. The van der Waals surface area contributed by atoms with Crippen molar-refractivity contribution in [2.24, 2.45) is 5.92 Å². The van der Waals surface area contributed by atoms with Crippen LogP contribution in [0.4, 0.5) is 10.1 Å². The van der Waals surface area contributed by atoms with Gasteiger partial charge in [0.1, 0.15) is 11.4 Å². The molecule has 42 heavy (non-hydrogen) atoms. The number of nitrogens with zero attached hydrogens (tertiary/aromatic N) is 3. The number of aryl methyl sites for hydroxylation is 1. The maximum atomic E-state index is 16.2. The molecule has 3 N–H and O–H groups in total. The summed E-state index contributed by atoms with van der Waals surface area (Å²) in [6.45, 7) is 18.4. The predicted octanol–water partition coefficient (Wildman–Crippen LogP) is 9.08. The molecule has 1 fully saturated rings. The highest BCUT2D eigenvalue weighted by Crippen LogP contribution is 2.34. The highest BCUT2D eigenvalue weighted by atomic mass is 32.1. The molecule has 0 amide bonds. The van der Waals surface area contributed by atoms with Gasteiger partial charge in [-0.05, 0) is 75.4 Å². The average Bonchev–Trinajstić information content (AvgIpc) is 3.64. The van der Waals surface area contributed by atoms with E-state index in [0.717, 1.165) is 46.1 Å². The molecule has 0 bridgehead atoms. The molecule has 0 aliphatic heterocycles. The first-order chi connectivity index (χ1) is 20.3. The van der Waals surface area contributed by atoms with Crippen molar-refractivity contribution >= 4 is 39.2 Å². The molecule has 1 aliphatic rings. The first-order valence-corrected chi connectivity index (χ1v) is 15.1. The number of hydrogen-bond acceptors (Lipinski definition) is 6. The van der Waals surface area contributed by atoms with Crippen LogP contribution in [0.1, 0.15) is 60.9 Å². The first kappa shape index (κ1) is 29.2. The van der Waals surface area contributed by atoms with Crippen molar-refractivity contribution in [1.82, 2.24) is 25.5 Å². The third kappa shape index (κ3) is 5.99. The maximum Gasteiger partial charge on any atom is 0.161 e. The summed E-state index contributed by atoms with van der Waals surface area (Å²) in [5, 5.41) is 14.4. The Labute approximate surface area is 250 Å². The van der Waals surface area contributed by atoms with Crippen molar-refractivity contribution < 1.29 is 4.39 Å². The molecular weight excluding hydrogens is 543 g/mol. The topological polar surface area (TPSA) is 78.5 Å². The number of pyridine rings is 2. The summed E-state index contributed by atoms with van der Waals surface area (Å²) in [5.41, 5.74) is 6.63. The number of aromatic nitrogens is 4. The Hall–Kier alpha value is -4.30. The fourth-order valence-corrected chi connectivity index (χ4v) is 6.36. The Kier molecular flexibility index (Phi) is 8.83. The summed E-state index contributed by atoms with van der Waals surface area (Å²) in [5.74, 6) is -0.0387. The van der Waals surface area contributed by atoms with Gasteiger partial charge >= 0.3 is 0 Å². The minimum Gasteiger partial charge on any atom is -0.359 e. The van der Waals surface area contributed by atoms with E-state index in [1.165, 1.54) is 24.1 Å². The van der Waals surface area contributed by atoms with Crippen LogP contribution >= 0.6 is 11.3 Å². The normalized spacial score (nSPS) is 14.7. The second-order valence-corrected chi connectivity index (χ2v) is 11.9. The van der Waals surface area contributed by atoms with Crippen molar-refractivity contribution in [2.75, 3.05) is 5.32 Å². The molecule has 0 radical (unpaired) electrons. The Balaban J connectivity index is 1.43. The lowest BCUT2D eigenvalue weighted by Crippen LogP contribution is -2.20. The Morgan fingerprint density at radius 2 is 1.88 bits per heavy atom. The van der Waals surface area contributed by atoms with Gasteiger partial charge in [-0.3, -0.25) is 15.1 Å². The van der Waals surface area contributed by atoms with Crippen molar-refractivity contribution in [3.63, 3.8) is 0 Å². The SMILES string of the molecule is C=C/C(=C\C(=C/C)c1ncc2[nH]nc(C(=C)Nc3ccnc(-c4ccc(C)s4)c3C)c2c1F)NC(=C)C1CCCCC1. The zero-order valence-corrected chi connectivity index (χ0v) is 25.3.